The zero-order valence-corrected chi connectivity index (χ0v) is 9.62. The van der Waals surface area contributed by atoms with Gasteiger partial charge in [-0.1, -0.05) is 64.5 Å². The summed E-state index contributed by atoms with van der Waals surface area (Å²) in [7, 11) is 0. The van der Waals surface area contributed by atoms with E-state index >= 15 is 0 Å². The number of rotatable bonds is 2. The average molecular weight is 265 g/mol. The lowest BCUT2D eigenvalue weighted by Crippen LogP contribution is -1.95. The second kappa shape index (κ2) is 4.58. The molecule has 2 rings (SSSR count). The molecule has 1 atom stereocenters. The highest BCUT2D eigenvalue weighted by molar-refractivity contribution is 9.09. The Hall–Kier alpha value is -1.15. The first-order valence-electron chi connectivity index (χ1n) is 4.72. The van der Waals surface area contributed by atoms with E-state index in [2.05, 4.69) is 15.9 Å². The molecule has 0 fully saturated rings. The van der Waals surface area contributed by atoms with Crippen LogP contribution < -0.4 is 0 Å². The number of benzene rings is 2. The molecule has 2 heteroatoms. The first kappa shape index (κ1) is 10.4. The standard InChI is InChI=1S/C13H10BrF/c14-13(10-6-2-1-3-7-10)11-8-4-5-9-12(11)15/h1-9,13H/t13-/m0/s1. The minimum absolute atomic E-state index is 0.0834. The highest BCUT2D eigenvalue weighted by Crippen LogP contribution is 2.31. The number of hydrogen-bond acceptors (Lipinski definition) is 0. The van der Waals surface area contributed by atoms with Gasteiger partial charge < -0.3 is 0 Å². The van der Waals surface area contributed by atoms with Crippen molar-refractivity contribution in [3.63, 3.8) is 0 Å². The maximum atomic E-state index is 13.5. The molecule has 0 saturated carbocycles. The zero-order valence-electron chi connectivity index (χ0n) is 8.03. The highest BCUT2D eigenvalue weighted by Gasteiger charge is 2.13. The highest BCUT2D eigenvalue weighted by atomic mass is 79.9. The van der Waals surface area contributed by atoms with Crippen molar-refractivity contribution in [3.8, 4) is 0 Å². The lowest BCUT2D eigenvalue weighted by atomic mass is 10.0. The topological polar surface area (TPSA) is 0 Å². The molecule has 0 spiro atoms. The van der Waals surface area contributed by atoms with Crippen molar-refractivity contribution in [2.45, 2.75) is 4.83 Å². The van der Waals surface area contributed by atoms with Crippen molar-refractivity contribution in [2.75, 3.05) is 0 Å². The summed E-state index contributed by atoms with van der Waals surface area (Å²) in [5, 5.41) is 0. The third-order valence-electron chi connectivity index (χ3n) is 2.27. The fraction of sp³-hybridized carbons (Fsp3) is 0.0769. The Morgan fingerprint density at radius 2 is 1.47 bits per heavy atom. The van der Waals surface area contributed by atoms with Crippen molar-refractivity contribution in [3.05, 3.63) is 71.5 Å². The summed E-state index contributed by atoms with van der Waals surface area (Å²) < 4.78 is 13.5. The van der Waals surface area contributed by atoms with Crippen molar-refractivity contribution >= 4 is 15.9 Å². The van der Waals surface area contributed by atoms with E-state index in [1.54, 1.807) is 12.1 Å². The first-order valence-corrected chi connectivity index (χ1v) is 5.64. The van der Waals surface area contributed by atoms with E-state index in [0.717, 1.165) is 5.56 Å². The Bertz CT molecular complexity index is 439. The quantitative estimate of drug-likeness (QED) is 0.710. The van der Waals surface area contributed by atoms with Crippen LogP contribution in [0.4, 0.5) is 4.39 Å². The summed E-state index contributed by atoms with van der Waals surface area (Å²) in [5.41, 5.74) is 1.73. The van der Waals surface area contributed by atoms with E-state index in [1.165, 1.54) is 6.07 Å². The van der Waals surface area contributed by atoms with Crippen LogP contribution in [-0.2, 0) is 0 Å². The predicted octanol–water partition coefficient (Wildman–Crippen LogP) is 4.31. The van der Waals surface area contributed by atoms with Gasteiger partial charge in [0, 0.05) is 5.56 Å². The van der Waals surface area contributed by atoms with E-state index in [0.29, 0.717) is 5.56 Å². The number of halogens is 2. The van der Waals surface area contributed by atoms with Gasteiger partial charge in [-0.15, -0.1) is 0 Å². The van der Waals surface area contributed by atoms with Gasteiger partial charge in [-0.25, -0.2) is 4.39 Å². The Labute approximate surface area is 96.9 Å². The molecule has 0 amide bonds. The second-order valence-electron chi connectivity index (χ2n) is 3.29. The third-order valence-corrected chi connectivity index (χ3v) is 3.29. The Morgan fingerprint density at radius 3 is 2.13 bits per heavy atom. The van der Waals surface area contributed by atoms with Crippen molar-refractivity contribution in [1.82, 2.24) is 0 Å². The number of hydrogen-bond donors (Lipinski definition) is 0. The summed E-state index contributed by atoms with van der Waals surface area (Å²) in [5.74, 6) is -0.178. The Morgan fingerprint density at radius 1 is 0.867 bits per heavy atom. The summed E-state index contributed by atoms with van der Waals surface area (Å²) >= 11 is 3.50. The summed E-state index contributed by atoms with van der Waals surface area (Å²) in [6.07, 6.45) is 0. The molecule has 0 nitrogen and oxygen atoms in total. The molecule has 0 aromatic heterocycles. The van der Waals surface area contributed by atoms with Crippen LogP contribution in [0.5, 0.6) is 0 Å². The van der Waals surface area contributed by atoms with E-state index in [-0.39, 0.29) is 10.6 Å². The van der Waals surface area contributed by atoms with Gasteiger partial charge in [-0.05, 0) is 11.6 Å². The molecule has 0 unspecified atom stereocenters. The van der Waals surface area contributed by atoms with Crippen molar-refractivity contribution in [1.29, 1.82) is 0 Å². The van der Waals surface area contributed by atoms with Gasteiger partial charge in [0.15, 0.2) is 0 Å². The molecule has 2 aromatic rings. The van der Waals surface area contributed by atoms with E-state index < -0.39 is 0 Å². The zero-order chi connectivity index (χ0) is 10.7. The van der Waals surface area contributed by atoms with Gasteiger partial charge >= 0.3 is 0 Å². The Kier molecular flexibility index (Phi) is 3.17. The monoisotopic (exact) mass is 264 g/mol. The van der Waals surface area contributed by atoms with Gasteiger partial charge in [0.1, 0.15) is 5.82 Å². The minimum Gasteiger partial charge on any atom is -0.207 e. The fourth-order valence-electron chi connectivity index (χ4n) is 1.48. The lowest BCUT2D eigenvalue weighted by Gasteiger charge is -2.11. The molecule has 15 heavy (non-hydrogen) atoms. The van der Waals surface area contributed by atoms with Crippen molar-refractivity contribution in [2.24, 2.45) is 0 Å². The van der Waals surface area contributed by atoms with Gasteiger partial charge in [0.05, 0.1) is 4.83 Å². The van der Waals surface area contributed by atoms with Crippen molar-refractivity contribution < 1.29 is 4.39 Å². The SMILES string of the molecule is Fc1ccccc1[C@@H](Br)c1ccccc1. The van der Waals surface area contributed by atoms with Crippen LogP contribution in [-0.4, -0.2) is 0 Å². The number of alkyl halides is 1. The smallest absolute Gasteiger partial charge is 0.127 e. The van der Waals surface area contributed by atoms with E-state index in [1.807, 2.05) is 36.4 Å². The van der Waals surface area contributed by atoms with Crippen LogP contribution in [0.3, 0.4) is 0 Å². The van der Waals surface area contributed by atoms with Crippen LogP contribution in [0.2, 0.25) is 0 Å². The molecule has 0 radical (unpaired) electrons. The molecule has 0 aliphatic carbocycles. The summed E-state index contributed by atoms with van der Waals surface area (Å²) in [4.78, 5) is -0.0834. The summed E-state index contributed by atoms with van der Waals surface area (Å²) in [6.45, 7) is 0. The van der Waals surface area contributed by atoms with Crippen LogP contribution in [0.15, 0.2) is 54.6 Å². The molecule has 0 heterocycles. The maximum absolute atomic E-state index is 13.5. The second-order valence-corrected chi connectivity index (χ2v) is 4.21. The lowest BCUT2D eigenvalue weighted by molar-refractivity contribution is 0.613. The first-order chi connectivity index (χ1) is 7.29. The van der Waals surface area contributed by atoms with E-state index in [9.17, 15) is 4.39 Å². The molecule has 0 N–H and O–H groups in total. The van der Waals surface area contributed by atoms with Crippen LogP contribution in [0.1, 0.15) is 16.0 Å². The fourth-order valence-corrected chi connectivity index (χ4v) is 2.16. The third kappa shape index (κ3) is 2.26. The Balaban J connectivity index is 2.37. The molecule has 0 saturated heterocycles. The normalized spacial score (nSPS) is 12.4. The van der Waals surface area contributed by atoms with E-state index in [4.69, 9.17) is 0 Å². The van der Waals surface area contributed by atoms with Gasteiger partial charge in [-0.2, -0.15) is 0 Å². The molecule has 0 aliphatic rings. The molecule has 0 aliphatic heterocycles. The van der Waals surface area contributed by atoms with Gasteiger partial charge in [0.2, 0.25) is 0 Å². The molecule has 2 aromatic carbocycles. The molecular formula is C13H10BrF. The maximum Gasteiger partial charge on any atom is 0.127 e. The van der Waals surface area contributed by atoms with Gasteiger partial charge in [-0.3, -0.25) is 0 Å². The average Bonchev–Trinajstić information content (AvgIpc) is 2.30. The molecule has 0 bridgehead atoms. The minimum atomic E-state index is -0.178. The van der Waals surface area contributed by atoms with Crippen LogP contribution >= 0.6 is 15.9 Å². The molecule has 76 valence electrons. The molecular weight excluding hydrogens is 255 g/mol. The van der Waals surface area contributed by atoms with Crippen LogP contribution in [0, 0.1) is 5.82 Å². The van der Waals surface area contributed by atoms with Gasteiger partial charge in [0.25, 0.3) is 0 Å². The summed E-state index contributed by atoms with van der Waals surface area (Å²) in [6, 6.07) is 16.6. The van der Waals surface area contributed by atoms with Crippen LogP contribution in [0.25, 0.3) is 0 Å². The predicted molar refractivity (Wildman–Crippen MR) is 63.6 cm³/mol. The largest absolute Gasteiger partial charge is 0.207 e.